The summed E-state index contributed by atoms with van der Waals surface area (Å²) in [6.45, 7) is 11.8. The summed E-state index contributed by atoms with van der Waals surface area (Å²) in [6, 6.07) is 3.96. The molecule has 7 nitrogen and oxygen atoms in total. The third kappa shape index (κ3) is 4.23. The largest absolute Gasteiger partial charge is 0.388 e. The third-order valence-corrected chi connectivity index (χ3v) is 6.88. The van der Waals surface area contributed by atoms with Crippen LogP contribution in [0.5, 0.6) is 0 Å². The molecule has 0 unspecified atom stereocenters. The van der Waals surface area contributed by atoms with Crippen molar-refractivity contribution in [3.63, 3.8) is 0 Å². The maximum atomic E-state index is 13.0. The molecule has 1 aromatic heterocycles. The average Bonchev–Trinajstić information content (AvgIpc) is 3.11. The number of amides is 1. The Morgan fingerprint density at radius 3 is 2.38 bits per heavy atom. The molecular weight excluding hydrogens is 366 g/mol. The molecule has 2 fully saturated rings. The van der Waals surface area contributed by atoms with E-state index in [-0.39, 0.29) is 11.5 Å². The fourth-order valence-corrected chi connectivity index (χ4v) is 4.80. The van der Waals surface area contributed by atoms with Gasteiger partial charge < -0.3 is 14.6 Å². The number of rotatable bonds is 2. The predicted octanol–water partition coefficient (Wildman–Crippen LogP) is 3.19. The normalized spacial score (nSPS) is 27.7. The maximum Gasteiger partial charge on any atom is 0.271 e. The molecule has 0 radical (unpaired) electrons. The highest BCUT2D eigenvalue weighted by molar-refractivity contribution is 6.39. The lowest BCUT2D eigenvalue weighted by Gasteiger charge is -2.40. The van der Waals surface area contributed by atoms with Crippen molar-refractivity contribution in [2.75, 3.05) is 31.1 Å². The SMILES string of the molecule is Cc1ccc(N2CCN(C(=O)C3=NO[C@]4(CC[C@@H](C(C)(C)C)CC4)C3)CC2)nn1. The summed E-state index contributed by atoms with van der Waals surface area (Å²) in [5, 5.41) is 12.6. The second kappa shape index (κ2) is 7.58. The van der Waals surface area contributed by atoms with Gasteiger partial charge in [-0.2, -0.15) is 5.10 Å². The minimum atomic E-state index is -0.244. The number of hydrogen-bond acceptors (Lipinski definition) is 6. The lowest BCUT2D eigenvalue weighted by molar-refractivity contribution is -0.124. The standard InChI is InChI=1S/C22H33N5O2/c1-16-5-6-19(24-23-16)26-11-13-27(14-12-26)20(28)18-15-22(29-25-18)9-7-17(8-10-22)21(2,3)4/h5-6,17H,7-15H2,1-4H3/t17-,22+. The van der Waals surface area contributed by atoms with Crippen LogP contribution in [-0.4, -0.2) is 58.5 Å². The van der Waals surface area contributed by atoms with Crippen LogP contribution in [-0.2, 0) is 9.63 Å². The van der Waals surface area contributed by atoms with Gasteiger partial charge in [-0.15, -0.1) is 5.10 Å². The van der Waals surface area contributed by atoms with E-state index >= 15 is 0 Å². The zero-order valence-corrected chi connectivity index (χ0v) is 18.1. The van der Waals surface area contributed by atoms with Crippen LogP contribution in [0.3, 0.4) is 0 Å². The minimum absolute atomic E-state index is 0.0365. The van der Waals surface area contributed by atoms with Gasteiger partial charge in [0.15, 0.2) is 5.82 Å². The number of aryl methyl sites for hydroxylation is 1. The summed E-state index contributed by atoms with van der Waals surface area (Å²) in [5.41, 5.74) is 1.60. The molecule has 4 rings (SSSR count). The first-order chi connectivity index (χ1) is 13.8. The third-order valence-electron chi connectivity index (χ3n) is 6.88. The highest BCUT2D eigenvalue weighted by Crippen LogP contribution is 2.46. The van der Waals surface area contributed by atoms with Gasteiger partial charge in [-0.3, -0.25) is 4.79 Å². The number of aromatic nitrogens is 2. The van der Waals surface area contributed by atoms with Crippen LogP contribution in [0.4, 0.5) is 5.82 Å². The molecular formula is C22H33N5O2. The maximum absolute atomic E-state index is 13.0. The summed E-state index contributed by atoms with van der Waals surface area (Å²) in [7, 11) is 0. The molecule has 1 spiro atoms. The molecule has 7 heteroatoms. The molecule has 0 bridgehead atoms. The molecule has 1 saturated heterocycles. The topological polar surface area (TPSA) is 70.9 Å². The fourth-order valence-electron chi connectivity index (χ4n) is 4.80. The van der Waals surface area contributed by atoms with Crippen molar-refractivity contribution in [3.8, 4) is 0 Å². The molecule has 3 aliphatic rings. The van der Waals surface area contributed by atoms with Gasteiger partial charge in [0.05, 0.1) is 5.69 Å². The summed E-state index contributed by atoms with van der Waals surface area (Å²) >= 11 is 0. The molecule has 2 aliphatic heterocycles. The number of hydrogen-bond donors (Lipinski definition) is 0. The van der Waals surface area contributed by atoms with Crippen molar-refractivity contribution in [2.45, 2.75) is 65.4 Å². The molecule has 1 saturated carbocycles. The predicted molar refractivity (Wildman–Crippen MR) is 113 cm³/mol. The van der Waals surface area contributed by atoms with Crippen molar-refractivity contribution in [2.24, 2.45) is 16.5 Å². The first-order valence-electron chi connectivity index (χ1n) is 10.9. The van der Waals surface area contributed by atoms with Crippen LogP contribution >= 0.6 is 0 Å². The fraction of sp³-hybridized carbons (Fsp3) is 0.727. The quantitative estimate of drug-likeness (QED) is 0.764. The Morgan fingerprint density at radius 1 is 1.10 bits per heavy atom. The number of nitrogens with zero attached hydrogens (tertiary/aromatic N) is 5. The monoisotopic (exact) mass is 399 g/mol. The van der Waals surface area contributed by atoms with Gasteiger partial charge in [0.2, 0.25) is 0 Å². The van der Waals surface area contributed by atoms with Crippen molar-refractivity contribution in [1.82, 2.24) is 15.1 Å². The van der Waals surface area contributed by atoms with E-state index in [4.69, 9.17) is 4.84 Å². The Balaban J connectivity index is 1.30. The van der Waals surface area contributed by atoms with E-state index in [1.165, 1.54) is 0 Å². The molecule has 0 atom stereocenters. The Kier molecular flexibility index (Phi) is 5.25. The van der Waals surface area contributed by atoms with E-state index in [9.17, 15) is 4.79 Å². The van der Waals surface area contributed by atoms with Crippen LogP contribution in [0.1, 0.15) is 58.6 Å². The summed E-state index contributed by atoms with van der Waals surface area (Å²) in [4.78, 5) is 23.0. The molecule has 158 valence electrons. The Bertz CT molecular complexity index is 767. The van der Waals surface area contributed by atoms with E-state index in [2.05, 4.69) is 41.0 Å². The molecule has 1 amide bonds. The van der Waals surface area contributed by atoms with Gasteiger partial charge >= 0.3 is 0 Å². The summed E-state index contributed by atoms with van der Waals surface area (Å²) < 4.78 is 0. The molecule has 0 aromatic carbocycles. The Morgan fingerprint density at radius 2 is 1.79 bits per heavy atom. The lowest BCUT2D eigenvalue weighted by Crippen LogP contribution is -2.51. The number of carbonyl (C=O) groups excluding carboxylic acids is 1. The van der Waals surface area contributed by atoms with Crippen LogP contribution in [0.25, 0.3) is 0 Å². The van der Waals surface area contributed by atoms with Crippen LogP contribution in [0.15, 0.2) is 17.3 Å². The van der Waals surface area contributed by atoms with E-state index < -0.39 is 0 Å². The molecule has 0 N–H and O–H groups in total. The van der Waals surface area contributed by atoms with Gasteiger partial charge in [0.1, 0.15) is 11.3 Å². The number of piperazine rings is 1. The highest BCUT2D eigenvalue weighted by atomic mass is 16.7. The van der Waals surface area contributed by atoms with Gasteiger partial charge in [-0.05, 0) is 56.1 Å². The molecule has 29 heavy (non-hydrogen) atoms. The molecule has 1 aliphatic carbocycles. The van der Waals surface area contributed by atoms with E-state index in [0.29, 0.717) is 30.6 Å². The zero-order valence-electron chi connectivity index (χ0n) is 18.1. The summed E-state index contributed by atoms with van der Waals surface area (Å²) in [6.07, 6.45) is 4.95. The molecule has 3 heterocycles. The molecule has 1 aromatic rings. The van der Waals surface area contributed by atoms with Crippen molar-refractivity contribution >= 4 is 17.4 Å². The van der Waals surface area contributed by atoms with E-state index in [0.717, 1.165) is 56.2 Å². The van der Waals surface area contributed by atoms with Gasteiger partial charge in [-0.1, -0.05) is 25.9 Å². The Labute approximate surface area is 173 Å². The Hall–Kier alpha value is -2.18. The average molecular weight is 400 g/mol. The first kappa shape index (κ1) is 20.1. The van der Waals surface area contributed by atoms with Crippen molar-refractivity contribution in [3.05, 3.63) is 17.8 Å². The lowest BCUT2D eigenvalue weighted by atomic mass is 9.67. The minimum Gasteiger partial charge on any atom is -0.388 e. The van der Waals surface area contributed by atoms with Gasteiger partial charge in [0.25, 0.3) is 5.91 Å². The first-order valence-corrected chi connectivity index (χ1v) is 10.9. The number of oxime groups is 1. The second-order valence-corrected chi connectivity index (χ2v) is 9.94. The van der Waals surface area contributed by atoms with Crippen LogP contribution < -0.4 is 4.90 Å². The number of anilines is 1. The van der Waals surface area contributed by atoms with Gasteiger partial charge in [0, 0.05) is 32.6 Å². The van der Waals surface area contributed by atoms with Crippen LogP contribution in [0.2, 0.25) is 0 Å². The van der Waals surface area contributed by atoms with E-state index in [1.54, 1.807) is 0 Å². The highest BCUT2D eigenvalue weighted by Gasteiger charge is 2.46. The van der Waals surface area contributed by atoms with Crippen LogP contribution in [0, 0.1) is 18.3 Å². The second-order valence-electron chi connectivity index (χ2n) is 9.94. The van der Waals surface area contributed by atoms with Crippen molar-refractivity contribution < 1.29 is 9.63 Å². The van der Waals surface area contributed by atoms with Crippen molar-refractivity contribution in [1.29, 1.82) is 0 Å². The number of carbonyl (C=O) groups is 1. The van der Waals surface area contributed by atoms with E-state index in [1.807, 2.05) is 24.0 Å². The zero-order chi connectivity index (χ0) is 20.6. The summed E-state index contributed by atoms with van der Waals surface area (Å²) in [5.74, 6) is 1.63. The van der Waals surface area contributed by atoms with Gasteiger partial charge in [-0.25, -0.2) is 0 Å². The smallest absolute Gasteiger partial charge is 0.271 e.